The third-order valence-corrected chi connectivity index (χ3v) is 4.09. The van der Waals surface area contributed by atoms with Gasteiger partial charge in [-0.25, -0.2) is 0 Å². The predicted octanol–water partition coefficient (Wildman–Crippen LogP) is 4.97. The van der Waals surface area contributed by atoms with Gasteiger partial charge in [0.15, 0.2) is 0 Å². The molecule has 1 N–H and O–H groups in total. The van der Waals surface area contributed by atoms with E-state index >= 15 is 0 Å². The second-order valence-corrected chi connectivity index (χ2v) is 7.58. The fraction of sp³-hybridized carbons (Fsp3) is 0.647. The number of anilines is 1. The van der Waals surface area contributed by atoms with Crippen LogP contribution in [0.1, 0.15) is 59.4 Å². The van der Waals surface area contributed by atoms with Gasteiger partial charge in [-0.3, -0.25) is 0 Å². The van der Waals surface area contributed by atoms with E-state index in [1.165, 1.54) is 30.5 Å². The summed E-state index contributed by atoms with van der Waals surface area (Å²) in [5.74, 6) is 0. The van der Waals surface area contributed by atoms with Gasteiger partial charge in [-0.1, -0.05) is 46.8 Å². The second kappa shape index (κ2) is 4.60. The molecule has 1 aromatic rings. The van der Waals surface area contributed by atoms with Gasteiger partial charge in [0.1, 0.15) is 0 Å². The van der Waals surface area contributed by atoms with E-state index in [9.17, 15) is 0 Å². The Morgan fingerprint density at radius 2 is 1.72 bits per heavy atom. The van der Waals surface area contributed by atoms with Crippen LogP contribution in [0.5, 0.6) is 0 Å². The van der Waals surface area contributed by atoms with Gasteiger partial charge in [0, 0.05) is 11.7 Å². The second-order valence-electron chi connectivity index (χ2n) is 7.58. The summed E-state index contributed by atoms with van der Waals surface area (Å²) >= 11 is 0. The van der Waals surface area contributed by atoms with E-state index in [0.29, 0.717) is 11.5 Å². The predicted molar refractivity (Wildman–Crippen MR) is 80.2 cm³/mol. The Morgan fingerprint density at radius 3 is 2.17 bits per heavy atom. The van der Waals surface area contributed by atoms with Crippen LogP contribution in [-0.2, 0) is 5.41 Å². The molecule has 1 heteroatoms. The lowest BCUT2D eigenvalue weighted by molar-refractivity contribution is 0.378. The van der Waals surface area contributed by atoms with Gasteiger partial charge in [0.25, 0.3) is 0 Å². The molecule has 0 aromatic heterocycles. The van der Waals surface area contributed by atoms with Crippen LogP contribution >= 0.6 is 0 Å². The molecule has 1 nitrogen and oxygen atoms in total. The topological polar surface area (TPSA) is 12.0 Å². The third-order valence-electron chi connectivity index (χ3n) is 4.09. The van der Waals surface area contributed by atoms with Crippen molar-refractivity contribution in [1.29, 1.82) is 0 Å². The monoisotopic (exact) mass is 245 g/mol. The van der Waals surface area contributed by atoms with E-state index in [2.05, 4.69) is 64.2 Å². The SMILES string of the molecule is CC1(C)CCC(Nc2ccc(C(C)(C)C)cc2)C1. The Bertz CT molecular complexity index is 395. The number of hydrogen-bond acceptors (Lipinski definition) is 1. The molecule has 0 bridgehead atoms. The zero-order valence-corrected chi connectivity index (χ0v) is 12.5. The van der Waals surface area contributed by atoms with Crippen molar-refractivity contribution in [3.63, 3.8) is 0 Å². The normalized spacial score (nSPS) is 23.1. The molecular weight excluding hydrogens is 218 g/mol. The molecule has 18 heavy (non-hydrogen) atoms. The van der Waals surface area contributed by atoms with Gasteiger partial charge < -0.3 is 5.32 Å². The number of hydrogen-bond donors (Lipinski definition) is 1. The van der Waals surface area contributed by atoms with Gasteiger partial charge in [0.05, 0.1) is 0 Å². The van der Waals surface area contributed by atoms with Crippen LogP contribution in [-0.4, -0.2) is 6.04 Å². The first-order valence-electron chi connectivity index (χ1n) is 7.13. The van der Waals surface area contributed by atoms with E-state index in [1.54, 1.807) is 0 Å². The van der Waals surface area contributed by atoms with Crippen molar-refractivity contribution in [2.75, 3.05) is 5.32 Å². The molecule has 1 aliphatic carbocycles. The van der Waals surface area contributed by atoms with Crippen LogP contribution < -0.4 is 5.32 Å². The molecule has 1 aliphatic rings. The molecule has 0 saturated heterocycles. The smallest absolute Gasteiger partial charge is 0.0342 e. The summed E-state index contributed by atoms with van der Waals surface area (Å²) < 4.78 is 0. The number of nitrogens with one attached hydrogen (secondary N) is 1. The third kappa shape index (κ3) is 3.28. The van der Waals surface area contributed by atoms with E-state index in [0.717, 1.165) is 0 Å². The lowest BCUT2D eigenvalue weighted by atomic mass is 9.87. The molecular formula is C17H27N. The zero-order chi connectivity index (χ0) is 13.4. The summed E-state index contributed by atoms with van der Waals surface area (Å²) in [6.45, 7) is 11.5. The van der Waals surface area contributed by atoms with E-state index in [4.69, 9.17) is 0 Å². The van der Waals surface area contributed by atoms with Crippen molar-refractivity contribution < 1.29 is 0 Å². The first kappa shape index (κ1) is 13.5. The molecule has 2 rings (SSSR count). The van der Waals surface area contributed by atoms with Crippen LogP contribution in [0.2, 0.25) is 0 Å². The molecule has 100 valence electrons. The summed E-state index contributed by atoms with van der Waals surface area (Å²) in [6.07, 6.45) is 3.92. The van der Waals surface area contributed by atoms with Crippen LogP contribution in [0.25, 0.3) is 0 Å². The molecule has 0 spiro atoms. The lowest BCUT2D eigenvalue weighted by Crippen LogP contribution is -2.17. The van der Waals surface area contributed by atoms with E-state index in [1.807, 2.05) is 0 Å². The van der Waals surface area contributed by atoms with Gasteiger partial charge in [0.2, 0.25) is 0 Å². The Morgan fingerprint density at radius 1 is 1.11 bits per heavy atom. The first-order chi connectivity index (χ1) is 8.26. The maximum atomic E-state index is 3.68. The Hall–Kier alpha value is -0.980. The Balaban J connectivity index is 1.99. The Kier molecular flexibility index (Phi) is 3.44. The summed E-state index contributed by atoms with van der Waals surface area (Å²) in [4.78, 5) is 0. The Labute approximate surface area is 112 Å². The minimum Gasteiger partial charge on any atom is -0.382 e. The van der Waals surface area contributed by atoms with Crippen molar-refractivity contribution in [3.8, 4) is 0 Å². The van der Waals surface area contributed by atoms with Crippen LogP contribution in [0.3, 0.4) is 0 Å². The van der Waals surface area contributed by atoms with Gasteiger partial charge in [-0.05, 0) is 47.8 Å². The van der Waals surface area contributed by atoms with Crippen molar-refractivity contribution in [3.05, 3.63) is 29.8 Å². The molecule has 1 aromatic carbocycles. The highest BCUT2D eigenvalue weighted by Gasteiger charge is 2.30. The minimum absolute atomic E-state index is 0.244. The fourth-order valence-electron chi connectivity index (χ4n) is 2.86. The molecule has 1 fully saturated rings. The zero-order valence-electron chi connectivity index (χ0n) is 12.5. The molecule has 0 radical (unpaired) electrons. The summed E-state index contributed by atoms with van der Waals surface area (Å²) in [6, 6.07) is 9.61. The molecule has 1 atom stereocenters. The largest absolute Gasteiger partial charge is 0.382 e. The molecule has 0 amide bonds. The van der Waals surface area contributed by atoms with Crippen LogP contribution in [0.4, 0.5) is 5.69 Å². The average molecular weight is 245 g/mol. The summed E-state index contributed by atoms with van der Waals surface area (Å²) in [7, 11) is 0. The van der Waals surface area contributed by atoms with Crippen molar-refractivity contribution in [1.82, 2.24) is 0 Å². The molecule has 0 aliphatic heterocycles. The first-order valence-corrected chi connectivity index (χ1v) is 7.13. The highest BCUT2D eigenvalue weighted by molar-refractivity contribution is 5.46. The van der Waals surface area contributed by atoms with Crippen molar-refractivity contribution in [2.45, 2.75) is 65.3 Å². The van der Waals surface area contributed by atoms with Crippen molar-refractivity contribution in [2.24, 2.45) is 5.41 Å². The van der Waals surface area contributed by atoms with Crippen LogP contribution in [0, 0.1) is 5.41 Å². The average Bonchev–Trinajstić information content (AvgIpc) is 2.57. The van der Waals surface area contributed by atoms with Gasteiger partial charge >= 0.3 is 0 Å². The molecule has 1 saturated carbocycles. The highest BCUT2D eigenvalue weighted by atomic mass is 14.9. The quantitative estimate of drug-likeness (QED) is 0.775. The fourth-order valence-corrected chi connectivity index (χ4v) is 2.86. The van der Waals surface area contributed by atoms with Gasteiger partial charge in [-0.15, -0.1) is 0 Å². The summed E-state index contributed by atoms with van der Waals surface area (Å²) in [5, 5.41) is 3.68. The maximum Gasteiger partial charge on any atom is 0.0342 e. The van der Waals surface area contributed by atoms with E-state index < -0.39 is 0 Å². The maximum absolute atomic E-state index is 3.68. The lowest BCUT2D eigenvalue weighted by Gasteiger charge is -2.21. The molecule has 0 heterocycles. The molecule has 1 unspecified atom stereocenters. The van der Waals surface area contributed by atoms with E-state index in [-0.39, 0.29) is 5.41 Å². The van der Waals surface area contributed by atoms with Crippen molar-refractivity contribution >= 4 is 5.69 Å². The number of rotatable bonds is 2. The summed E-state index contributed by atoms with van der Waals surface area (Å²) in [5.41, 5.74) is 3.43. The van der Waals surface area contributed by atoms with Crippen LogP contribution in [0.15, 0.2) is 24.3 Å². The highest BCUT2D eigenvalue weighted by Crippen LogP contribution is 2.38. The standard InChI is InChI=1S/C17H27N/c1-16(2,3)13-6-8-14(9-7-13)18-15-10-11-17(4,5)12-15/h6-9,15,18H,10-12H2,1-5H3. The number of benzene rings is 1. The van der Waals surface area contributed by atoms with Gasteiger partial charge in [-0.2, -0.15) is 0 Å². The minimum atomic E-state index is 0.244.